The van der Waals surface area contributed by atoms with Gasteiger partial charge in [0, 0.05) is 23.6 Å². The molecule has 0 aliphatic carbocycles. The average Bonchev–Trinajstić information content (AvgIpc) is 2.47. The Morgan fingerprint density at radius 3 is 3.00 bits per heavy atom. The van der Waals surface area contributed by atoms with E-state index in [0.29, 0.717) is 29.9 Å². The Kier molecular flexibility index (Phi) is 5.17. The first kappa shape index (κ1) is 15.8. The number of carbonyl (C=O) groups is 1. The van der Waals surface area contributed by atoms with E-state index in [2.05, 4.69) is 15.9 Å². The number of ether oxygens (including phenoxy) is 1. The number of hydrogen-bond donors (Lipinski definition) is 0. The lowest BCUT2D eigenvalue weighted by molar-refractivity contribution is -0.384. The molecular formula is C14H17BrN2O4. The molecule has 0 unspecified atom stereocenters. The van der Waals surface area contributed by atoms with E-state index in [4.69, 9.17) is 4.74 Å². The van der Waals surface area contributed by atoms with Gasteiger partial charge < -0.3 is 9.64 Å². The molecule has 1 aromatic rings. The van der Waals surface area contributed by atoms with Gasteiger partial charge in [0.25, 0.3) is 5.69 Å². The van der Waals surface area contributed by atoms with Gasteiger partial charge >= 0.3 is 5.97 Å². The Balaban J connectivity index is 2.22. The summed E-state index contributed by atoms with van der Waals surface area (Å²) >= 11 is 3.25. The Morgan fingerprint density at radius 1 is 1.57 bits per heavy atom. The molecule has 1 atom stereocenters. The van der Waals surface area contributed by atoms with E-state index in [0.717, 1.165) is 12.8 Å². The van der Waals surface area contributed by atoms with E-state index in [1.165, 1.54) is 6.07 Å². The molecule has 21 heavy (non-hydrogen) atoms. The first-order valence-electron chi connectivity index (χ1n) is 6.88. The highest BCUT2D eigenvalue weighted by molar-refractivity contribution is 9.10. The van der Waals surface area contributed by atoms with E-state index in [1.54, 1.807) is 19.1 Å². The lowest BCUT2D eigenvalue weighted by atomic mass is 9.97. The zero-order chi connectivity index (χ0) is 15.4. The molecule has 2 rings (SSSR count). The topological polar surface area (TPSA) is 72.7 Å². The molecule has 114 valence electrons. The maximum Gasteiger partial charge on any atom is 0.310 e. The first-order valence-corrected chi connectivity index (χ1v) is 7.67. The van der Waals surface area contributed by atoms with Gasteiger partial charge in [-0.1, -0.05) is 15.9 Å². The van der Waals surface area contributed by atoms with Crippen LogP contribution in [0.2, 0.25) is 0 Å². The summed E-state index contributed by atoms with van der Waals surface area (Å²) in [5.41, 5.74) is 0.603. The number of carbonyl (C=O) groups excluding carboxylic acids is 1. The van der Waals surface area contributed by atoms with Crippen molar-refractivity contribution in [3.63, 3.8) is 0 Å². The van der Waals surface area contributed by atoms with Gasteiger partial charge in [0.2, 0.25) is 0 Å². The van der Waals surface area contributed by atoms with Gasteiger partial charge in [-0.3, -0.25) is 14.9 Å². The van der Waals surface area contributed by atoms with Crippen molar-refractivity contribution in [1.29, 1.82) is 0 Å². The molecular weight excluding hydrogens is 340 g/mol. The van der Waals surface area contributed by atoms with E-state index in [-0.39, 0.29) is 17.6 Å². The Labute approximate surface area is 131 Å². The van der Waals surface area contributed by atoms with Crippen LogP contribution >= 0.6 is 15.9 Å². The molecule has 1 aliphatic rings. The molecule has 1 aliphatic heterocycles. The largest absolute Gasteiger partial charge is 0.466 e. The van der Waals surface area contributed by atoms with Crippen molar-refractivity contribution in [3.8, 4) is 0 Å². The Morgan fingerprint density at radius 2 is 2.33 bits per heavy atom. The summed E-state index contributed by atoms with van der Waals surface area (Å²) in [6.45, 7) is 3.30. The zero-order valence-corrected chi connectivity index (χ0v) is 13.3. The highest BCUT2D eigenvalue weighted by atomic mass is 79.9. The van der Waals surface area contributed by atoms with Crippen LogP contribution in [0.5, 0.6) is 0 Å². The van der Waals surface area contributed by atoms with Gasteiger partial charge in [0.05, 0.1) is 17.4 Å². The van der Waals surface area contributed by atoms with Crippen LogP contribution < -0.4 is 4.90 Å². The summed E-state index contributed by atoms with van der Waals surface area (Å²) in [4.78, 5) is 24.6. The number of benzene rings is 1. The third kappa shape index (κ3) is 3.72. The lowest BCUT2D eigenvalue weighted by Gasteiger charge is -2.32. The smallest absolute Gasteiger partial charge is 0.310 e. The van der Waals surface area contributed by atoms with Crippen molar-refractivity contribution < 1.29 is 14.5 Å². The highest BCUT2D eigenvalue weighted by Gasteiger charge is 2.30. The van der Waals surface area contributed by atoms with Crippen molar-refractivity contribution >= 4 is 33.3 Å². The molecule has 0 saturated carbocycles. The molecule has 0 radical (unpaired) electrons. The third-order valence-corrected chi connectivity index (χ3v) is 4.01. The van der Waals surface area contributed by atoms with Crippen LogP contribution in [0.3, 0.4) is 0 Å². The highest BCUT2D eigenvalue weighted by Crippen LogP contribution is 2.34. The van der Waals surface area contributed by atoms with Gasteiger partial charge in [0.1, 0.15) is 5.69 Å². The van der Waals surface area contributed by atoms with Gasteiger partial charge in [-0.25, -0.2) is 0 Å². The van der Waals surface area contributed by atoms with Crippen LogP contribution in [0.1, 0.15) is 19.8 Å². The summed E-state index contributed by atoms with van der Waals surface area (Å²) in [5, 5.41) is 11.2. The number of nitro groups is 1. The average molecular weight is 357 g/mol. The van der Waals surface area contributed by atoms with Gasteiger partial charge in [0.15, 0.2) is 0 Å². The molecule has 0 bridgehead atoms. The van der Waals surface area contributed by atoms with Gasteiger partial charge in [-0.15, -0.1) is 0 Å². The second-order valence-electron chi connectivity index (χ2n) is 4.93. The molecule has 1 heterocycles. The van der Waals surface area contributed by atoms with E-state index >= 15 is 0 Å². The summed E-state index contributed by atoms with van der Waals surface area (Å²) < 4.78 is 5.72. The maximum atomic E-state index is 11.9. The zero-order valence-electron chi connectivity index (χ0n) is 11.8. The van der Waals surface area contributed by atoms with Crippen molar-refractivity contribution in [2.24, 2.45) is 5.92 Å². The van der Waals surface area contributed by atoms with E-state index in [1.807, 2.05) is 4.90 Å². The second-order valence-corrected chi connectivity index (χ2v) is 5.84. The molecule has 1 fully saturated rings. The quantitative estimate of drug-likeness (QED) is 0.470. The Hall–Kier alpha value is -1.63. The number of nitrogens with zero attached hydrogens (tertiary/aromatic N) is 2. The Bertz CT molecular complexity index is 550. The molecule has 0 N–H and O–H groups in total. The molecule has 1 saturated heterocycles. The van der Waals surface area contributed by atoms with Gasteiger partial charge in [-0.05, 0) is 31.9 Å². The number of piperidine rings is 1. The minimum absolute atomic E-state index is 0.0499. The van der Waals surface area contributed by atoms with Crippen LogP contribution in [-0.2, 0) is 9.53 Å². The summed E-state index contributed by atoms with van der Waals surface area (Å²) in [6, 6.07) is 4.98. The monoisotopic (exact) mass is 356 g/mol. The van der Waals surface area contributed by atoms with Crippen LogP contribution in [0, 0.1) is 16.0 Å². The van der Waals surface area contributed by atoms with E-state index < -0.39 is 4.92 Å². The predicted octanol–water partition coefficient (Wildman–Crippen LogP) is 3.14. The second kappa shape index (κ2) is 6.89. The summed E-state index contributed by atoms with van der Waals surface area (Å²) in [6.07, 6.45) is 1.58. The number of hydrogen-bond acceptors (Lipinski definition) is 5. The standard InChI is InChI=1S/C14H17BrN2O4/c1-2-21-14(18)10-4-3-7-16(9-10)12-6-5-11(15)8-13(12)17(19)20/h5-6,8,10H,2-4,7,9H2,1H3/t10-/m0/s1. The third-order valence-electron chi connectivity index (χ3n) is 3.52. The van der Waals surface area contributed by atoms with Crippen molar-refractivity contribution in [2.75, 3.05) is 24.6 Å². The molecule has 7 heteroatoms. The fraction of sp³-hybridized carbons (Fsp3) is 0.500. The fourth-order valence-electron chi connectivity index (χ4n) is 2.56. The summed E-state index contributed by atoms with van der Waals surface area (Å²) in [5.74, 6) is -0.441. The molecule has 6 nitrogen and oxygen atoms in total. The van der Waals surface area contributed by atoms with Crippen LogP contribution in [0.4, 0.5) is 11.4 Å². The normalized spacial score (nSPS) is 18.4. The molecule has 1 aromatic carbocycles. The first-order chi connectivity index (χ1) is 10.0. The van der Waals surface area contributed by atoms with Gasteiger partial charge in [-0.2, -0.15) is 0 Å². The van der Waals surface area contributed by atoms with E-state index in [9.17, 15) is 14.9 Å². The molecule has 0 spiro atoms. The predicted molar refractivity (Wildman–Crippen MR) is 82.4 cm³/mol. The molecule has 0 amide bonds. The fourth-order valence-corrected chi connectivity index (χ4v) is 2.91. The van der Waals surface area contributed by atoms with Crippen molar-refractivity contribution in [1.82, 2.24) is 0 Å². The van der Waals surface area contributed by atoms with Crippen molar-refractivity contribution in [2.45, 2.75) is 19.8 Å². The van der Waals surface area contributed by atoms with Crippen LogP contribution in [0.25, 0.3) is 0 Å². The van der Waals surface area contributed by atoms with Crippen LogP contribution in [-0.4, -0.2) is 30.6 Å². The molecule has 0 aromatic heterocycles. The lowest BCUT2D eigenvalue weighted by Crippen LogP contribution is -2.39. The van der Waals surface area contributed by atoms with Crippen molar-refractivity contribution in [3.05, 3.63) is 32.8 Å². The minimum Gasteiger partial charge on any atom is -0.466 e. The maximum absolute atomic E-state index is 11.9. The SMILES string of the molecule is CCOC(=O)[C@H]1CCCN(c2ccc(Br)cc2[N+](=O)[O-])C1. The number of anilines is 1. The number of esters is 1. The number of rotatable bonds is 4. The number of halogens is 1. The number of nitro benzene ring substituents is 1. The summed E-state index contributed by atoms with van der Waals surface area (Å²) in [7, 11) is 0. The van der Waals surface area contributed by atoms with Crippen LogP contribution in [0.15, 0.2) is 22.7 Å². The minimum atomic E-state index is -0.395.